The van der Waals surface area contributed by atoms with Gasteiger partial charge in [0, 0.05) is 0 Å². The summed E-state index contributed by atoms with van der Waals surface area (Å²) < 4.78 is 19.0. The lowest BCUT2D eigenvalue weighted by Crippen LogP contribution is -2.30. The fourth-order valence-corrected chi connectivity index (χ4v) is 2.03. The van der Waals surface area contributed by atoms with Crippen LogP contribution in [0.2, 0.25) is 0 Å². The lowest BCUT2D eigenvalue weighted by molar-refractivity contribution is 0.303. The van der Waals surface area contributed by atoms with E-state index in [1.54, 1.807) is 0 Å². The molecule has 3 nitrogen and oxygen atoms in total. The van der Waals surface area contributed by atoms with E-state index in [1.165, 1.54) is 12.1 Å². The third-order valence-electron chi connectivity index (χ3n) is 3.00. The Morgan fingerprint density at radius 1 is 1.10 bits per heavy atom. The zero-order chi connectivity index (χ0) is 14.7. The molecule has 0 saturated heterocycles. The topological polar surface area (TPSA) is 49.7 Å². The van der Waals surface area contributed by atoms with Gasteiger partial charge in [-0.1, -0.05) is 23.8 Å². The van der Waals surface area contributed by atoms with Crippen LogP contribution in [0, 0.1) is 19.7 Å². The number of halogens is 1. The van der Waals surface area contributed by atoms with Gasteiger partial charge < -0.3 is 14.8 Å². The largest absolute Gasteiger partial charge is 0.489 e. The summed E-state index contributed by atoms with van der Waals surface area (Å²) in [7, 11) is -1.69. The average Bonchev–Trinajstić information content (AvgIpc) is 2.37. The molecule has 2 aromatic carbocycles. The highest BCUT2D eigenvalue weighted by Crippen LogP contribution is 2.20. The van der Waals surface area contributed by atoms with Gasteiger partial charge in [0.2, 0.25) is 0 Å². The van der Waals surface area contributed by atoms with Crippen LogP contribution < -0.4 is 10.2 Å². The van der Waals surface area contributed by atoms with Gasteiger partial charge in [-0.3, -0.25) is 0 Å². The van der Waals surface area contributed by atoms with E-state index < -0.39 is 12.9 Å². The molecule has 5 heteroatoms. The van der Waals surface area contributed by atoms with E-state index in [0.29, 0.717) is 5.56 Å². The quantitative estimate of drug-likeness (QED) is 0.834. The molecule has 0 aliphatic heterocycles. The van der Waals surface area contributed by atoms with Crippen molar-refractivity contribution in [3.05, 3.63) is 58.9 Å². The van der Waals surface area contributed by atoms with E-state index in [0.717, 1.165) is 22.9 Å². The second-order valence-electron chi connectivity index (χ2n) is 4.82. The number of benzene rings is 2. The zero-order valence-corrected chi connectivity index (χ0v) is 11.4. The molecule has 0 heterocycles. The first-order chi connectivity index (χ1) is 9.45. The molecule has 2 aromatic rings. The number of hydrogen-bond donors (Lipinski definition) is 2. The van der Waals surface area contributed by atoms with Gasteiger partial charge in [-0.05, 0) is 48.6 Å². The highest BCUT2D eigenvalue weighted by molar-refractivity contribution is 6.58. The summed E-state index contributed by atoms with van der Waals surface area (Å²) in [5.74, 6) is 0.209. The van der Waals surface area contributed by atoms with Crippen LogP contribution in [0.5, 0.6) is 5.75 Å². The fourth-order valence-electron chi connectivity index (χ4n) is 2.03. The zero-order valence-electron chi connectivity index (χ0n) is 11.4. The van der Waals surface area contributed by atoms with Crippen molar-refractivity contribution in [2.45, 2.75) is 20.5 Å². The Bertz CT molecular complexity index is 614. The number of rotatable bonds is 4. The SMILES string of the molecule is Cc1ccc(OCc2cc(F)cc(B(O)O)c2)c(C)c1. The van der Waals surface area contributed by atoms with Crippen molar-refractivity contribution >= 4 is 12.6 Å². The Kier molecular flexibility index (Phi) is 4.42. The molecule has 104 valence electrons. The second kappa shape index (κ2) is 6.07. The Morgan fingerprint density at radius 3 is 2.50 bits per heavy atom. The van der Waals surface area contributed by atoms with Gasteiger partial charge in [0.15, 0.2) is 0 Å². The summed E-state index contributed by atoms with van der Waals surface area (Å²) >= 11 is 0. The van der Waals surface area contributed by atoms with Crippen LogP contribution in [0.1, 0.15) is 16.7 Å². The van der Waals surface area contributed by atoms with Gasteiger partial charge in [-0.2, -0.15) is 0 Å². The Morgan fingerprint density at radius 2 is 1.85 bits per heavy atom. The predicted octanol–water partition coefficient (Wildman–Crippen LogP) is 1.70. The minimum atomic E-state index is -1.69. The van der Waals surface area contributed by atoms with E-state index in [1.807, 2.05) is 32.0 Å². The van der Waals surface area contributed by atoms with Gasteiger partial charge >= 0.3 is 7.12 Å². The highest BCUT2D eigenvalue weighted by Gasteiger charge is 2.13. The maximum absolute atomic E-state index is 13.4. The highest BCUT2D eigenvalue weighted by atomic mass is 19.1. The molecule has 0 amide bonds. The first-order valence-electron chi connectivity index (χ1n) is 6.31. The molecular formula is C15H16BFO3. The molecular weight excluding hydrogens is 258 g/mol. The molecule has 0 saturated carbocycles. The monoisotopic (exact) mass is 274 g/mol. The first-order valence-corrected chi connectivity index (χ1v) is 6.31. The Labute approximate surface area is 117 Å². The molecule has 0 aliphatic rings. The third kappa shape index (κ3) is 3.59. The minimum Gasteiger partial charge on any atom is -0.489 e. The van der Waals surface area contributed by atoms with Gasteiger partial charge in [0.25, 0.3) is 0 Å². The summed E-state index contributed by atoms with van der Waals surface area (Å²) in [6.45, 7) is 4.11. The van der Waals surface area contributed by atoms with Crippen molar-refractivity contribution < 1.29 is 19.2 Å². The van der Waals surface area contributed by atoms with Gasteiger partial charge in [0.05, 0.1) is 0 Å². The van der Waals surface area contributed by atoms with Crippen molar-refractivity contribution in [3.8, 4) is 5.75 Å². The van der Waals surface area contributed by atoms with Crippen LogP contribution in [0.4, 0.5) is 4.39 Å². The molecule has 0 radical (unpaired) electrons. The Hall–Kier alpha value is -1.85. The van der Waals surface area contributed by atoms with Crippen LogP contribution in [0.3, 0.4) is 0 Å². The summed E-state index contributed by atoms with van der Waals surface area (Å²) in [6, 6.07) is 9.73. The summed E-state index contributed by atoms with van der Waals surface area (Å²) in [6.07, 6.45) is 0. The fraction of sp³-hybridized carbons (Fsp3) is 0.200. The van der Waals surface area contributed by atoms with Crippen LogP contribution in [0.25, 0.3) is 0 Å². The van der Waals surface area contributed by atoms with Crippen LogP contribution in [-0.4, -0.2) is 17.2 Å². The average molecular weight is 274 g/mol. The molecule has 20 heavy (non-hydrogen) atoms. The number of hydrogen-bond acceptors (Lipinski definition) is 3. The number of ether oxygens (including phenoxy) is 1. The van der Waals surface area contributed by atoms with Crippen molar-refractivity contribution in [2.24, 2.45) is 0 Å². The third-order valence-corrected chi connectivity index (χ3v) is 3.00. The smallest absolute Gasteiger partial charge is 0.488 e. The standard InChI is InChI=1S/C15H16BFO3/c1-10-3-4-15(11(2)5-10)20-9-12-6-13(16(18)19)8-14(17)7-12/h3-8,18-19H,9H2,1-2H3. The maximum atomic E-state index is 13.4. The van der Waals surface area contributed by atoms with Crippen LogP contribution in [0.15, 0.2) is 36.4 Å². The van der Waals surface area contributed by atoms with E-state index in [9.17, 15) is 4.39 Å². The molecule has 0 aromatic heterocycles. The van der Waals surface area contributed by atoms with Crippen molar-refractivity contribution in [2.75, 3.05) is 0 Å². The second-order valence-corrected chi connectivity index (χ2v) is 4.82. The van der Waals surface area contributed by atoms with Crippen molar-refractivity contribution in [3.63, 3.8) is 0 Å². The van der Waals surface area contributed by atoms with Crippen molar-refractivity contribution in [1.29, 1.82) is 0 Å². The van der Waals surface area contributed by atoms with E-state index in [2.05, 4.69) is 0 Å². The molecule has 0 atom stereocenters. The lowest BCUT2D eigenvalue weighted by Gasteiger charge is -2.11. The summed E-state index contributed by atoms with van der Waals surface area (Å²) in [4.78, 5) is 0. The maximum Gasteiger partial charge on any atom is 0.488 e. The Balaban J connectivity index is 2.14. The molecule has 0 aliphatic carbocycles. The summed E-state index contributed by atoms with van der Waals surface area (Å²) in [5.41, 5.74) is 2.81. The molecule has 2 rings (SSSR count). The molecule has 0 unspecified atom stereocenters. The van der Waals surface area contributed by atoms with Crippen molar-refractivity contribution in [1.82, 2.24) is 0 Å². The van der Waals surface area contributed by atoms with Gasteiger partial charge in [-0.25, -0.2) is 4.39 Å². The summed E-state index contributed by atoms with van der Waals surface area (Å²) in [5, 5.41) is 18.2. The molecule has 0 fully saturated rings. The van der Waals surface area contributed by atoms with Crippen LogP contribution in [-0.2, 0) is 6.61 Å². The predicted molar refractivity (Wildman–Crippen MR) is 76.5 cm³/mol. The van der Waals surface area contributed by atoms with E-state index >= 15 is 0 Å². The normalized spacial score (nSPS) is 10.4. The number of aryl methyl sites for hydroxylation is 2. The van der Waals surface area contributed by atoms with E-state index in [4.69, 9.17) is 14.8 Å². The van der Waals surface area contributed by atoms with E-state index in [-0.39, 0.29) is 12.1 Å². The van der Waals surface area contributed by atoms with Crippen LogP contribution >= 0.6 is 0 Å². The minimum absolute atomic E-state index is 0.115. The molecule has 2 N–H and O–H groups in total. The first kappa shape index (κ1) is 14.6. The van der Waals surface area contributed by atoms with Gasteiger partial charge in [-0.15, -0.1) is 0 Å². The molecule has 0 spiro atoms. The van der Waals surface area contributed by atoms with Gasteiger partial charge in [0.1, 0.15) is 18.2 Å². The molecule has 0 bridgehead atoms. The lowest BCUT2D eigenvalue weighted by atomic mass is 9.79.